The molecular weight excluding hydrogens is 248 g/mol. The van der Waals surface area contributed by atoms with Crippen LogP contribution in [0.4, 0.5) is 17.6 Å². The molecule has 1 rings (SSSR count). The standard InChI is InChI=1S/C12H16F4N2/c1-18(2)6-5-17-8-9-3-4-11(13)10(7-9)12(14,15)16/h3-4,7,17H,5-6,8H2,1-2H3. The zero-order chi connectivity index (χ0) is 13.8. The highest BCUT2D eigenvalue weighted by Gasteiger charge is 2.34. The van der Waals surface area contributed by atoms with E-state index in [9.17, 15) is 17.6 Å². The van der Waals surface area contributed by atoms with Crippen LogP contribution in [0.15, 0.2) is 18.2 Å². The number of nitrogens with one attached hydrogen (secondary N) is 1. The summed E-state index contributed by atoms with van der Waals surface area (Å²) < 4.78 is 50.4. The number of rotatable bonds is 5. The van der Waals surface area contributed by atoms with E-state index in [2.05, 4.69) is 5.32 Å². The smallest absolute Gasteiger partial charge is 0.311 e. The van der Waals surface area contributed by atoms with Gasteiger partial charge in [-0.1, -0.05) is 6.07 Å². The minimum Gasteiger partial charge on any atom is -0.311 e. The predicted molar refractivity (Wildman–Crippen MR) is 61.7 cm³/mol. The van der Waals surface area contributed by atoms with Crippen LogP contribution in [0.1, 0.15) is 11.1 Å². The van der Waals surface area contributed by atoms with Crippen molar-refractivity contribution < 1.29 is 17.6 Å². The van der Waals surface area contributed by atoms with Crippen molar-refractivity contribution in [3.8, 4) is 0 Å². The van der Waals surface area contributed by atoms with E-state index in [0.29, 0.717) is 12.1 Å². The Bertz CT molecular complexity index is 388. The zero-order valence-electron chi connectivity index (χ0n) is 10.3. The Hall–Kier alpha value is -1.14. The number of halogens is 4. The van der Waals surface area contributed by atoms with Crippen LogP contribution >= 0.6 is 0 Å². The number of hydrogen-bond donors (Lipinski definition) is 1. The van der Waals surface area contributed by atoms with E-state index >= 15 is 0 Å². The highest BCUT2D eigenvalue weighted by molar-refractivity contribution is 5.27. The van der Waals surface area contributed by atoms with Crippen LogP contribution in [0.3, 0.4) is 0 Å². The van der Waals surface area contributed by atoms with Crippen LogP contribution in [0.5, 0.6) is 0 Å². The van der Waals surface area contributed by atoms with E-state index in [1.165, 1.54) is 6.07 Å². The van der Waals surface area contributed by atoms with Gasteiger partial charge in [-0.15, -0.1) is 0 Å². The molecule has 0 amide bonds. The molecule has 0 saturated carbocycles. The van der Waals surface area contributed by atoms with Gasteiger partial charge in [0.1, 0.15) is 5.82 Å². The van der Waals surface area contributed by atoms with E-state index in [-0.39, 0.29) is 6.54 Å². The molecule has 6 heteroatoms. The summed E-state index contributed by atoms with van der Waals surface area (Å²) >= 11 is 0. The van der Waals surface area contributed by atoms with Crippen molar-refractivity contribution in [1.82, 2.24) is 10.2 Å². The molecule has 2 nitrogen and oxygen atoms in total. The minimum atomic E-state index is -4.65. The molecule has 0 spiro atoms. The molecule has 0 aliphatic heterocycles. The van der Waals surface area contributed by atoms with Crippen molar-refractivity contribution in [2.45, 2.75) is 12.7 Å². The largest absolute Gasteiger partial charge is 0.419 e. The maximum Gasteiger partial charge on any atom is 0.419 e. The third kappa shape index (κ3) is 4.62. The molecule has 0 aromatic heterocycles. The van der Waals surface area contributed by atoms with Crippen molar-refractivity contribution in [2.75, 3.05) is 27.2 Å². The Balaban J connectivity index is 2.63. The van der Waals surface area contributed by atoms with Gasteiger partial charge in [-0.25, -0.2) is 4.39 Å². The molecule has 0 atom stereocenters. The topological polar surface area (TPSA) is 15.3 Å². The van der Waals surface area contributed by atoms with Gasteiger partial charge in [-0.3, -0.25) is 0 Å². The first kappa shape index (κ1) is 14.9. The summed E-state index contributed by atoms with van der Waals surface area (Å²) in [6.45, 7) is 1.73. The summed E-state index contributed by atoms with van der Waals surface area (Å²) in [5.41, 5.74) is -0.795. The lowest BCUT2D eigenvalue weighted by Crippen LogP contribution is -2.26. The lowest BCUT2D eigenvalue weighted by Gasteiger charge is -2.12. The average Bonchev–Trinajstić information content (AvgIpc) is 2.24. The molecule has 0 bridgehead atoms. The van der Waals surface area contributed by atoms with Crippen molar-refractivity contribution in [3.05, 3.63) is 35.1 Å². The first-order valence-corrected chi connectivity index (χ1v) is 5.52. The van der Waals surface area contributed by atoms with Gasteiger partial charge in [-0.05, 0) is 31.8 Å². The number of hydrogen-bond acceptors (Lipinski definition) is 2. The lowest BCUT2D eigenvalue weighted by molar-refractivity contribution is -0.140. The zero-order valence-corrected chi connectivity index (χ0v) is 10.3. The molecule has 1 aromatic carbocycles. The second-order valence-electron chi connectivity index (χ2n) is 4.29. The van der Waals surface area contributed by atoms with Crippen LogP contribution < -0.4 is 5.32 Å². The molecule has 1 aromatic rings. The molecule has 0 fully saturated rings. The highest BCUT2D eigenvalue weighted by Crippen LogP contribution is 2.31. The monoisotopic (exact) mass is 264 g/mol. The second kappa shape index (κ2) is 6.15. The van der Waals surface area contributed by atoms with Gasteiger partial charge >= 0.3 is 6.18 Å². The first-order chi connectivity index (χ1) is 8.30. The maximum absolute atomic E-state index is 13.0. The molecule has 102 valence electrons. The van der Waals surface area contributed by atoms with E-state index < -0.39 is 17.6 Å². The third-order valence-corrected chi connectivity index (χ3v) is 2.40. The summed E-state index contributed by atoms with van der Waals surface area (Å²) in [6, 6.07) is 3.05. The SMILES string of the molecule is CN(C)CCNCc1ccc(F)c(C(F)(F)F)c1. The van der Waals surface area contributed by atoms with Gasteiger partial charge in [0.2, 0.25) is 0 Å². The third-order valence-electron chi connectivity index (χ3n) is 2.40. The molecule has 0 heterocycles. The highest BCUT2D eigenvalue weighted by atomic mass is 19.4. The van der Waals surface area contributed by atoms with Crippen molar-refractivity contribution in [1.29, 1.82) is 0 Å². The Kier molecular flexibility index (Phi) is 5.10. The Labute approximate surface area is 104 Å². The second-order valence-corrected chi connectivity index (χ2v) is 4.29. The molecule has 0 unspecified atom stereocenters. The van der Waals surface area contributed by atoms with Gasteiger partial charge in [0, 0.05) is 19.6 Å². The molecule has 18 heavy (non-hydrogen) atoms. The number of benzene rings is 1. The summed E-state index contributed by atoms with van der Waals surface area (Å²) in [5, 5.41) is 3.00. The minimum absolute atomic E-state index is 0.289. The Morgan fingerprint density at radius 1 is 1.22 bits per heavy atom. The van der Waals surface area contributed by atoms with Crippen LogP contribution in [0.25, 0.3) is 0 Å². The van der Waals surface area contributed by atoms with Crippen LogP contribution in [0.2, 0.25) is 0 Å². The summed E-state index contributed by atoms with van der Waals surface area (Å²) in [5.74, 6) is -1.24. The van der Waals surface area contributed by atoms with Crippen LogP contribution in [-0.4, -0.2) is 32.1 Å². The number of nitrogens with zero attached hydrogens (tertiary/aromatic N) is 1. The van der Waals surface area contributed by atoms with Gasteiger partial charge in [0.25, 0.3) is 0 Å². The van der Waals surface area contributed by atoms with Gasteiger partial charge in [-0.2, -0.15) is 13.2 Å². The normalized spacial score (nSPS) is 12.2. The van der Waals surface area contributed by atoms with Gasteiger partial charge in [0.05, 0.1) is 5.56 Å². The fourth-order valence-corrected chi connectivity index (χ4v) is 1.44. The van der Waals surface area contributed by atoms with Crippen molar-refractivity contribution in [2.24, 2.45) is 0 Å². The fourth-order valence-electron chi connectivity index (χ4n) is 1.44. The van der Waals surface area contributed by atoms with Crippen molar-refractivity contribution in [3.63, 3.8) is 0 Å². The number of alkyl halides is 3. The molecule has 1 N–H and O–H groups in total. The van der Waals surface area contributed by atoms with E-state index in [4.69, 9.17) is 0 Å². The van der Waals surface area contributed by atoms with Gasteiger partial charge in [0.15, 0.2) is 0 Å². The predicted octanol–water partition coefficient (Wildman–Crippen LogP) is 2.50. The molecule has 0 radical (unpaired) electrons. The van der Waals surface area contributed by atoms with Crippen LogP contribution in [0, 0.1) is 5.82 Å². The van der Waals surface area contributed by atoms with Crippen molar-refractivity contribution >= 4 is 0 Å². The summed E-state index contributed by atoms with van der Waals surface area (Å²) in [7, 11) is 3.81. The summed E-state index contributed by atoms with van der Waals surface area (Å²) in [4.78, 5) is 1.96. The van der Waals surface area contributed by atoms with E-state index in [0.717, 1.165) is 18.7 Å². The van der Waals surface area contributed by atoms with E-state index in [1.54, 1.807) is 0 Å². The van der Waals surface area contributed by atoms with Crippen LogP contribution in [-0.2, 0) is 12.7 Å². The quantitative estimate of drug-likeness (QED) is 0.649. The Morgan fingerprint density at radius 3 is 2.44 bits per heavy atom. The fraction of sp³-hybridized carbons (Fsp3) is 0.500. The Morgan fingerprint density at radius 2 is 1.89 bits per heavy atom. The molecular formula is C12H16F4N2. The summed E-state index contributed by atoms with van der Waals surface area (Å²) in [6.07, 6.45) is -4.65. The molecule has 0 aliphatic carbocycles. The molecule has 0 aliphatic rings. The first-order valence-electron chi connectivity index (χ1n) is 5.52. The number of likely N-dealkylation sites (N-methyl/N-ethyl adjacent to an activating group) is 1. The maximum atomic E-state index is 13.0. The van der Waals surface area contributed by atoms with Gasteiger partial charge < -0.3 is 10.2 Å². The average molecular weight is 264 g/mol. The van der Waals surface area contributed by atoms with E-state index in [1.807, 2.05) is 19.0 Å². The lowest BCUT2D eigenvalue weighted by atomic mass is 10.1. The molecule has 0 saturated heterocycles.